The number of nitrogens with one attached hydrogen (secondary N) is 1. The maximum absolute atomic E-state index is 11.8. The highest BCUT2D eigenvalue weighted by Gasteiger charge is 2.14. The molecule has 0 atom stereocenters. The van der Waals surface area contributed by atoms with Gasteiger partial charge in [0, 0.05) is 25.4 Å². The van der Waals surface area contributed by atoms with Crippen molar-refractivity contribution in [3.05, 3.63) is 64.5 Å². The van der Waals surface area contributed by atoms with Gasteiger partial charge in [-0.05, 0) is 56.0 Å². The predicted octanol–water partition coefficient (Wildman–Crippen LogP) is 4.71. The number of carbonyl (C=O) groups is 1. The van der Waals surface area contributed by atoms with Gasteiger partial charge < -0.3 is 9.88 Å². The van der Waals surface area contributed by atoms with Crippen LogP contribution in [0, 0.1) is 26.7 Å². The number of carbonyl (C=O) groups excluding carboxylic acids is 1. The van der Waals surface area contributed by atoms with E-state index in [2.05, 4.69) is 61.0 Å². The van der Waals surface area contributed by atoms with Crippen molar-refractivity contribution in [3.63, 3.8) is 0 Å². The number of hydrogen-bond donors (Lipinski definition) is 1. The van der Waals surface area contributed by atoms with Gasteiger partial charge in [0.05, 0.1) is 11.0 Å². The first-order chi connectivity index (χ1) is 13.4. The van der Waals surface area contributed by atoms with Crippen molar-refractivity contribution in [1.29, 1.82) is 0 Å². The minimum absolute atomic E-state index is 0.0251. The van der Waals surface area contributed by atoms with Crippen molar-refractivity contribution in [2.24, 2.45) is 5.92 Å². The van der Waals surface area contributed by atoms with Crippen molar-refractivity contribution >= 4 is 16.9 Å². The highest BCUT2D eigenvalue weighted by Crippen LogP contribution is 2.23. The fraction of sp³-hybridized carbons (Fsp3) is 0.417. The molecule has 4 nitrogen and oxygen atoms in total. The van der Waals surface area contributed by atoms with Crippen LogP contribution in [0.25, 0.3) is 11.0 Å². The van der Waals surface area contributed by atoms with E-state index in [1.807, 2.05) is 19.9 Å². The van der Waals surface area contributed by atoms with E-state index in [1.54, 1.807) is 0 Å². The summed E-state index contributed by atoms with van der Waals surface area (Å²) in [4.78, 5) is 16.7. The zero-order valence-corrected chi connectivity index (χ0v) is 17.7. The minimum atomic E-state index is 0.0251. The van der Waals surface area contributed by atoms with E-state index in [0.29, 0.717) is 6.54 Å². The Hall–Kier alpha value is -2.62. The molecule has 1 amide bonds. The molecule has 0 bridgehead atoms. The summed E-state index contributed by atoms with van der Waals surface area (Å²) in [7, 11) is 0. The molecule has 0 unspecified atom stereocenters. The number of imidazole rings is 1. The first-order valence-electron chi connectivity index (χ1n) is 10.2. The van der Waals surface area contributed by atoms with E-state index in [1.165, 1.54) is 27.8 Å². The summed E-state index contributed by atoms with van der Waals surface area (Å²) in [5.41, 5.74) is 7.52. The number of fused-ring (bicyclic) bond motifs is 1. The van der Waals surface area contributed by atoms with Crippen LogP contribution in [-0.2, 0) is 17.8 Å². The Bertz CT molecular complexity index is 962. The molecule has 1 heterocycles. The average Bonchev–Trinajstić information content (AvgIpc) is 2.98. The number of rotatable bonds is 7. The highest BCUT2D eigenvalue weighted by atomic mass is 16.1. The Morgan fingerprint density at radius 1 is 1.11 bits per heavy atom. The summed E-state index contributed by atoms with van der Waals surface area (Å²) < 4.78 is 2.34. The molecule has 0 fully saturated rings. The Morgan fingerprint density at radius 3 is 2.46 bits per heavy atom. The summed E-state index contributed by atoms with van der Waals surface area (Å²) >= 11 is 0. The molecule has 1 N–H and O–H groups in total. The van der Waals surface area contributed by atoms with Gasteiger partial charge in [-0.3, -0.25) is 4.79 Å². The molecule has 0 radical (unpaired) electrons. The van der Waals surface area contributed by atoms with E-state index in [0.717, 1.165) is 30.7 Å². The SMILES string of the molecule is Cc1cc(C)c(Cn2c(CCCNC(=O)C(C)C)nc3ccccc32)c(C)c1. The molecule has 3 aromatic rings. The highest BCUT2D eigenvalue weighted by molar-refractivity contribution is 5.78. The number of nitrogens with zero attached hydrogens (tertiary/aromatic N) is 2. The predicted molar refractivity (Wildman–Crippen MR) is 116 cm³/mol. The number of amides is 1. The monoisotopic (exact) mass is 377 g/mol. The Labute approximate surface area is 168 Å². The summed E-state index contributed by atoms with van der Waals surface area (Å²) in [5.74, 6) is 1.22. The summed E-state index contributed by atoms with van der Waals surface area (Å²) in [6.07, 6.45) is 1.73. The summed E-state index contributed by atoms with van der Waals surface area (Å²) in [6, 6.07) is 12.8. The van der Waals surface area contributed by atoms with Gasteiger partial charge in [0.15, 0.2) is 0 Å². The van der Waals surface area contributed by atoms with Crippen molar-refractivity contribution in [2.75, 3.05) is 6.54 Å². The number of aryl methyl sites for hydroxylation is 4. The normalized spacial score (nSPS) is 11.4. The standard InChI is InChI=1S/C24H31N3O/c1-16(2)24(28)25-12-8-11-23-26-21-9-6-7-10-22(21)27(23)15-20-18(4)13-17(3)14-19(20)5/h6-7,9-10,13-14,16H,8,11-12,15H2,1-5H3,(H,25,28). The third-order valence-electron chi connectivity index (χ3n) is 5.29. The molecule has 28 heavy (non-hydrogen) atoms. The van der Waals surface area contributed by atoms with Gasteiger partial charge in [-0.25, -0.2) is 4.98 Å². The fourth-order valence-electron chi connectivity index (χ4n) is 3.77. The van der Waals surface area contributed by atoms with E-state index in [-0.39, 0.29) is 11.8 Å². The Kier molecular flexibility index (Phi) is 6.18. The summed E-state index contributed by atoms with van der Waals surface area (Å²) in [5, 5.41) is 3.00. The molecule has 0 spiro atoms. The van der Waals surface area contributed by atoms with Gasteiger partial charge in [0.1, 0.15) is 5.82 Å². The van der Waals surface area contributed by atoms with E-state index in [9.17, 15) is 4.79 Å². The zero-order chi connectivity index (χ0) is 20.3. The molecule has 1 aromatic heterocycles. The average molecular weight is 378 g/mol. The van der Waals surface area contributed by atoms with Gasteiger partial charge in [-0.15, -0.1) is 0 Å². The fourth-order valence-corrected chi connectivity index (χ4v) is 3.77. The second-order valence-corrected chi connectivity index (χ2v) is 8.03. The molecule has 0 saturated heterocycles. The number of para-hydroxylation sites is 2. The second kappa shape index (κ2) is 8.59. The Morgan fingerprint density at radius 2 is 1.79 bits per heavy atom. The summed E-state index contributed by atoms with van der Waals surface area (Å²) in [6.45, 7) is 11.9. The van der Waals surface area contributed by atoms with Crippen LogP contribution in [0.1, 0.15) is 48.3 Å². The Balaban J connectivity index is 1.85. The molecule has 3 rings (SSSR count). The first-order valence-corrected chi connectivity index (χ1v) is 10.2. The van der Waals surface area contributed by atoms with Crippen LogP contribution in [0.4, 0.5) is 0 Å². The maximum Gasteiger partial charge on any atom is 0.222 e. The van der Waals surface area contributed by atoms with Crippen molar-refractivity contribution in [1.82, 2.24) is 14.9 Å². The van der Waals surface area contributed by atoms with Crippen LogP contribution in [0.5, 0.6) is 0 Å². The van der Waals surface area contributed by atoms with E-state index in [4.69, 9.17) is 4.98 Å². The van der Waals surface area contributed by atoms with Gasteiger partial charge >= 0.3 is 0 Å². The largest absolute Gasteiger partial charge is 0.356 e. The number of hydrogen-bond acceptors (Lipinski definition) is 2. The van der Waals surface area contributed by atoms with Crippen molar-refractivity contribution in [3.8, 4) is 0 Å². The first kappa shape index (κ1) is 20.1. The van der Waals surface area contributed by atoms with E-state index < -0.39 is 0 Å². The van der Waals surface area contributed by atoms with Crippen LogP contribution in [-0.4, -0.2) is 22.0 Å². The quantitative estimate of drug-likeness (QED) is 0.606. The third kappa shape index (κ3) is 4.44. The third-order valence-corrected chi connectivity index (χ3v) is 5.29. The molecule has 0 aliphatic heterocycles. The minimum Gasteiger partial charge on any atom is -0.356 e. The molecule has 0 aliphatic carbocycles. The lowest BCUT2D eigenvalue weighted by Crippen LogP contribution is -2.28. The lowest BCUT2D eigenvalue weighted by Gasteiger charge is -2.15. The molecule has 0 saturated carbocycles. The smallest absolute Gasteiger partial charge is 0.222 e. The van der Waals surface area contributed by atoms with Crippen molar-refractivity contribution in [2.45, 2.75) is 54.0 Å². The second-order valence-electron chi connectivity index (χ2n) is 8.03. The number of aromatic nitrogens is 2. The van der Waals surface area contributed by atoms with Crippen LogP contribution in [0.3, 0.4) is 0 Å². The molecule has 0 aliphatic rings. The molecule has 2 aromatic carbocycles. The van der Waals surface area contributed by atoms with Gasteiger partial charge in [0.25, 0.3) is 0 Å². The zero-order valence-electron chi connectivity index (χ0n) is 17.7. The van der Waals surface area contributed by atoms with Gasteiger partial charge in [-0.1, -0.05) is 43.7 Å². The molecular weight excluding hydrogens is 346 g/mol. The maximum atomic E-state index is 11.8. The topological polar surface area (TPSA) is 46.9 Å². The van der Waals surface area contributed by atoms with Gasteiger partial charge in [0.2, 0.25) is 5.91 Å². The lowest BCUT2D eigenvalue weighted by molar-refractivity contribution is -0.123. The lowest BCUT2D eigenvalue weighted by atomic mass is 9.99. The van der Waals surface area contributed by atoms with Crippen LogP contribution >= 0.6 is 0 Å². The molecule has 148 valence electrons. The van der Waals surface area contributed by atoms with Crippen LogP contribution in [0.2, 0.25) is 0 Å². The number of benzene rings is 2. The van der Waals surface area contributed by atoms with Crippen LogP contribution in [0.15, 0.2) is 36.4 Å². The molecule has 4 heteroatoms. The van der Waals surface area contributed by atoms with E-state index >= 15 is 0 Å². The van der Waals surface area contributed by atoms with Crippen LogP contribution < -0.4 is 5.32 Å². The molecular formula is C24H31N3O. The van der Waals surface area contributed by atoms with Gasteiger partial charge in [-0.2, -0.15) is 0 Å². The van der Waals surface area contributed by atoms with Crippen molar-refractivity contribution < 1.29 is 4.79 Å².